The van der Waals surface area contributed by atoms with Crippen molar-refractivity contribution in [3.05, 3.63) is 42.6 Å². The highest BCUT2D eigenvalue weighted by molar-refractivity contribution is 7.94. The molecular weight excluding hydrogens is 511 g/mol. The van der Waals surface area contributed by atoms with Gasteiger partial charge >= 0.3 is 6.18 Å². The van der Waals surface area contributed by atoms with Gasteiger partial charge in [0.05, 0.1) is 0 Å². The molecule has 0 aromatic carbocycles. The van der Waals surface area contributed by atoms with E-state index in [9.17, 15) is 21.6 Å². The van der Waals surface area contributed by atoms with Gasteiger partial charge in [-0.15, -0.1) is 0 Å². The highest BCUT2D eigenvalue weighted by Crippen LogP contribution is 2.42. The molecule has 0 N–H and O–H groups in total. The lowest BCUT2D eigenvalue weighted by atomic mass is 10.0. The van der Waals surface area contributed by atoms with Gasteiger partial charge in [0.1, 0.15) is 22.8 Å². The van der Waals surface area contributed by atoms with Crippen molar-refractivity contribution < 1.29 is 31.1 Å². The SMILES string of the molecule is CC1(S(=O)(=O)N2CCC(C(F)(F)F)Oc3nc4c(ccn4COCC[Si](C)(C)C)cc32)C=CC=CC1. The number of alkyl halides is 3. The molecule has 2 aromatic heterocycles. The Morgan fingerprint density at radius 3 is 2.67 bits per heavy atom. The Kier molecular flexibility index (Phi) is 7.08. The topological polar surface area (TPSA) is 73.7 Å². The van der Waals surface area contributed by atoms with E-state index < -0.39 is 41.5 Å². The van der Waals surface area contributed by atoms with E-state index in [4.69, 9.17) is 9.47 Å². The van der Waals surface area contributed by atoms with Crippen LogP contribution in [0.1, 0.15) is 19.8 Å². The molecule has 0 bridgehead atoms. The van der Waals surface area contributed by atoms with Gasteiger partial charge in [0, 0.05) is 39.2 Å². The van der Waals surface area contributed by atoms with Crippen LogP contribution in [0.4, 0.5) is 18.9 Å². The van der Waals surface area contributed by atoms with Gasteiger partial charge in [-0.25, -0.2) is 8.42 Å². The summed E-state index contributed by atoms with van der Waals surface area (Å²) in [6.07, 6.45) is 1.22. The van der Waals surface area contributed by atoms with Gasteiger partial charge in [-0.05, 0) is 31.5 Å². The molecule has 2 atom stereocenters. The molecular formula is C24H32F3N3O4SSi. The van der Waals surface area contributed by atoms with Crippen LogP contribution >= 0.6 is 0 Å². The minimum absolute atomic E-state index is 0.0100. The number of aromatic nitrogens is 2. The van der Waals surface area contributed by atoms with Gasteiger partial charge in [-0.3, -0.25) is 4.31 Å². The quantitative estimate of drug-likeness (QED) is 0.342. The minimum Gasteiger partial charge on any atom is -0.463 e. The molecule has 2 unspecified atom stereocenters. The monoisotopic (exact) mass is 543 g/mol. The highest BCUT2D eigenvalue weighted by atomic mass is 32.2. The van der Waals surface area contributed by atoms with Gasteiger partial charge in [0.15, 0.2) is 6.10 Å². The summed E-state index contributed by atoms with van der Waals surface area (Å²) in [5.74, 6) is -0.355. The fourth-order valence-corrected chi connectivity index (χ4v) is 6.73. The summed E-state index contributed by atoms with van der Waals surface area (Å²) in [5, 5.41) is 0.584. The van der Waals surface area contributed by atoms with Gasteiger partial charge in [-0.2, -0.15) is 18.2 Å². The number of halogens is 3. The lowest BCUT2D eigenvalue weighted by molar-refractivity contribution is -0.195. The van der Waals surface area contributed by atoms with E-state index in [0.717, 1.165) is 10.3 Å². The molecule has 1 aliphatic carbocycles. The van der Waals surface area contributed by atoms with Crippen molar-refractivity contribution in [2.45, 2.75) is 69.2 Å². The van der Waals surface area contributed by atoms with Crippen LogP contribution in [0.25, 0.3) is 11.0 Å². The molecule has 1 aliphatic heterocycles. The number of fused-ring (bicyclic) bond motifs is 2. The average Bonchev–Trinajstić information content (AvgIpc) is 3.04. The van der Waals surface area contributed by atoms with Crippen molar-refractivity contribution in [1.29, 1.82) is 0 Å². The van der Waals surface area contributed by atoms with E-state index in [1.165, 1.54) is 6.07 Å². The van der Waals surface area contributed by atoms with Crippen LogP contribution < -0.4 is 9.04 Å². The molecule has 36 heavy (non-hydrogen) atoms. The van der Waals surface area contributed by atoms with Crippen LogP contribution in [0.2, 0.25) is 25.7 Å². The summed E-state index contributed by atoms with van der Waals surface area (Å²) in [6.45, 7) is 8.67. The summed E-state index contributed by atoms with van der Waals surface area (Å²) < 4.78 is 81.3. The second-order valence-electron chi connectivity index (χ2n) is 10.7. The van der Waals surface area contributed by atoms with E-state index in [0.29, 0.717) is 17.6 Å². The van der Waals surface area contributed by atoms with Crippen molar-refractivity contribution in [1.82, 2.24) is 9.55 Å². The largest absolute Gasteiger partial charge is 0.463 e. The standard InChI is InChI=1S/C24H32F3N3O4SSi/c1-23(10-6-5-7-11-23)35(31,32)30-13-9-20(24(25,26)27)34-22-19(30)16-18-8-12-29(21(18)28-22)17-33-14-15-36(2,3)4/h5-8,10,12,16,20H,9,11,13-15,17H2,1-4H3. The number of sulfonamides is 1. The second kappa shape index (κ2) is 9.53. The minimum atomic E-state index is -4.67. The molecule has 3 heterocycles. The molecule has 0 spiro atoms. The predicted octanol–water partition coefficient (Wildman–Crippen LogP) is 5.47. The Bertz CT molecular complexity index is 1280. The number of ether oxygens (including phenoxy) is 2. The Labute approximate surface area is 210 Å². The molecule has 0 saturated carbocycles. The number of nitrogens with zero attached hydrogens (tertiary/aromatic N) is 3. The second-order valence-corrected chi connectivity index (χ2v) is 18.6. The molecule has 2 aliphatic rings. The normalized spacial score (nSPS) is 23.0. The zero-order valence-electron chi connectivity index (χ0n) is 20.9. The van der Waals surface area contributed by atoms with Gasteiger partial charge in [0.25, 0.3) is 0 Å². The zero-order valence-corrected chi connectivity index (χ0v) is 22.7. The fraction of sp³-hybridized carbons (Fsp3) is 0.542. The van der Waals surface area contributed by atoms with Gasteiger partial charge in [-0.1, -0.05) is 43.9 Å². The first kappa shape index (κ1) is 26.7. The van der Waals surface area contributed by atoms with Gasteiger partial charge < -0.3 is 14.0 Å². The zero-order chi connectivity index (χ0) is 26.4. The molecule has 0 amide bonds. The number of allylic oxidation sites excluding steroid dienone is 3. The molecule has 12 heteroatoms. The van der Waals surface area contributed by atoms with Crippen LogP contribution in [-0.4, -0.2) is 56.2 Å². The first-order chi connectivity index (χ1) is 16.7. The predicted molar refractivity (Wildman–Crippen MR) is 136 cm³/mol. The summed E-state index contributed by atoms with van der Waals surface area (Å²) in [6, 6.07) is 4.26. The van der Waals surface area contributed by atoms with Crippen molar-refractivity contribution >= 4 is 34.8 Å². The maximum absolute atomic E-state index is 13.8. The van der Waals surface area contributed by atoms with E-state index in [2.05, 4.69) is 24.6 Å². The third-order valence-electron chi connectivity index (χ3n) is 6.49. The first-order valence-corrected chi connectivity index (χ1v) is 17.0. The van der Waals surface area contributed by atoms with Crippen LogP contribution in [0.3, 0.4) is 0 Å². The Morgan fingerprint density at radius 2 is 2.03 bits per heavy atom. The van der Waals surface area contributed by atoms with Gasteiger partial charge in [0.2, 0.25) is 15.9 Å². The van der Waals surface area contributed by atoms with Crippen molar-refractivity contribution in [3.63, 3.8) is 0 Å². The summed E-state index contributed by atoms with van der Waals surface area (Å²) >= 11 is 0. The third kappa shape index (κ3) is 5.35. The third-order valence-corrected chi connectivity index (χ3v) is 10.6. The van der Waals surface area contributed by atoms with Crippen LogP contribution in [0.15, 0.2) is 42.6 Å². The maximum atomic E-state index is 13.8. The van der Waals surface area contributed by atoms with Crippen molar-refractivity contribution in [2.24, 2.45) is 0 Å². The van der Waals surface area contributed by atoms with E-state index >= 15 is 0 Å². The molecule has 0 saturated heterocycles. The summed E-state index contributed by atoms with van der Waals surface area (Å²) in [4.78, 5) is 4.39. The Morgan fingerprint density at radius 1 is 1.28 bits per heavy atom. The fourth-order valence-electron chi connectivity index (χ4n) is 4.18. The molecule has 0 fully saturated rings. The lowest BCUT2D eigenvalue weighted by Crippen LogP contribution is -2.46. The summed E-state index contributed by atoms with van der Waals surface area (Å²) in [7, 11) is -5.38. The van der Waals surface area contributed by atoms with E-state index in [1.807, 2.05) is 0 Å². The maximum Gasteiger partial charge on any atom is 0.425 e. The van der Waals surface area contributed by atoms with E-state index in [-0.39, 0.29) is 31.3 Å². The molecule has 198 valence electrons. The lowest BCUT2D eigenvalue weighted by Gasteiger charge is -2.34. The number of hydrogen-bond acceptors (Lipinski definition) is 5. The average molecular weight is 544 g/mol. The Hall–Kier alpha value is -2.31. The van der Waals surface area contributed by atoms with Crippen LogP contribution in [-0.2, 0) is 21.5 Å². The molecule has 4 rings (SSSR count). The van der Waals surface area contributed by atoms with E-state index in [1.54, 1.807) is 48.1 Å². The van der Waals surface area contributed by atoms with Crippen molar-refractivity contribution in [3.8, 4) is 5.88 Å². The van der Waals surface area contributed by atoms with Crippen LogP contribution in [0.5, 0.6) is 5.88 Å². The number of pyridine rings is 1. The summed E-state index contributed by atoms with van der Waals surface area (Å²) in [5.41, 5.74) is 0.379. The number of rotatable bonds is 7. The van der Waals surface area contributed by atoms with Crippen LogP contribution in [0, 0.1) is 0 Å². The first-order valence-electron chi connectivity index (χ1n) is 11.9. The molecule has 2 aromatic rings. The molecule has 7 nitrogen and oxygen atoms in total. The highest BCUT2D eigenvalue weighted by Gasteiger charge is 2.48. The van der Waals surface area contributed by atoms with Crippen molar-refractivity contribution in [2.75, 3.05) is 17.5 Å². The number of anilines is 1. The smallest absolute Gasteiger partial charge is 0.425 e. The Balaban J connectivity index is 1.73. The number of hydrogen-bond donors (Lipinski definition) is 0. The molecule has 0 radical (unpaired) electrons.